The summed E-state index contributed by atoms with van der Waals surface area (Å²) in [7, 11) is 1.29. The van der Waals surface area contributed by atoms with E-state index in [4.69, 9.17) is 0 Å². The summed E-state index contributed by atoms with van der Waals surface area (Å²) >= 11 is 0. The second kappa shape index (κ2) is 3.80. The number of Topliss-reactive ketones (excluding diaryl/α,β-unsaturated/α-hetero) is 1. The summed E-state index contributed by atoms with van der Waals surface area (Å²) in [5.74, 6) is -0.643. The van der Waals surface area contributed by atoms with Crippen molar-refractivity contribution in [3.8, 4) is 0 Å². The van der Waals surface area contributed by atoms with E-state index in [-0.39, 0.29) is 11.5 Å². The Morgan fingerprint density at radius 2 is 2.15 bits per heavy atom. The molecule has 0 radical (unpaired) electrons. The van der Waals surface area contributed by atoms with Crippen molar-refractivity contribution in [2.45, 2.75) is 6.92 Å². The standard InChI is InChI=1S/C9H9NO3/c1-6(11)8-5-7(3-4-10-8)9(12)13-2/h3-5H,1-2H3. The van der Waals surface area contributed by atoms with Crippen molar-refractivity contribution < 1.29 is 14.3 Å². The highest BCUT2D eigenvalue weighted by molar-refractivity contribution is 5.96. The first-order valence-electron chi connectivity index (χ1n) is 3.70. The number of pyridine rings is 1. The second-order valence-corrected chi connectivity index (χ2v) is 2.48. The molecule has 0 aliphatic carbocycles. The molecular formula is C9H9NO3. The minimum atomic E-state index is -0.468. The predicted octanol–water partition coefficient (Wildman–Crippen LogP) is 1.07. The van der Waals surface area contributed by atoms with Gasteiger partial charge in [0.05, 0.1) is 12.7 Å². The van der Waals surface area contributed by atoms with Crippen molar-refractivity contribution >= 4 is 11.8 Å². The van der Waals surface area contributed by atoms with Crippen LogP contribution in [-0.2, 0) is 4.74 Å². The average molecular weight is 179 g/mol. The molecule has 1 aromatic rings. The number of esters is 1. The molecule has 13 heavy (non-hydrogen) atoms. The van der Waals surface area contributed by atoms with Gasteiger partial charge in [-0.15, -0.1) is 0 Å². The first-order valence-corrected chi connectivity index (χ1v) is 3.70. The van der Waals surface area contributed by atoms with Gasteiger partial charge >= 0.3 is 5.97 Å². The summed E-state index contributed by atoms with van der Waals surface area (Å²) in [4.78, 5) is 25.7. The average Bonchev–Trinajstić information content (AvgIpc) is 2.17. The lowest BCUT2D eigenvalue weighted by Crippen LogP contribution is -2.04. The highest BCUT2D eigenvalue weighted by Gasteiger charge is 2.08. The van der Waals surface area contributed by atoms with E-state index >= 15 is 0 Å². The fraction of sp³-hybridized carbons (Fsp3) is 0.222. The molecule has 0 aliphatic rings. The number of carbonyl (C=O) groups excluding carboxylic acids is 2. The minimum absolute atomic E-state index is 0.175. The summed E-state index contributed by atoms with van der Waals surface area (Å²) in [6.45, 7) is 1.39. The van der Waals surface area contributed by atoms with E-state index < -0.39 is 5.97 Å². The summed E-state index contributed by atoms with van der Waals surface area (Å²) in [5.41, 5.74) is 0.602. The van der Waals surface area contributed by atoms with Gasteiger partial charge in [-0.05, 0) is 12.1 Å². The molecule has 0 amide bonds. The van der Waals surface area contributed by atoms with Crippen LogP contribution in [0.3, 0.4) is 0 Å². The van der Waals surface area contributed by atoms with Gasteiger partial charge in [0, 0.05) is 13.1 Å². The van der Waals surface area contributed by atoms with Crippen LogP contribution in [0.2, 0.25) is 0 Å². The minimum Gasteiger partial charge on any atom is -0.465 e. The van der Waals surface area contributed by atoms with E-state index in [1.165, 1.54) is 32.4 Å². The van der Waals surface area contributed by atoms with Gasteiger partial charge in [-0.3, -0.25) is 9.78 Å². The Kier molecular flexibility index (Phi) is 2.74. The number of aromatic nitrogens is 1. The van der Waals surface area contributed by atoms with Crippen LogP contribution in [-0.4, -0.2) is 23.8 Å². The van der Waals surface area contributed by atoms with Crippen LogP contribution >= 0.6 is 0 Å². The molecule has 0 aliphatic heterocycles. The zero-order chi connectivity index (χ0) is 9.84. The van der Waals surface area contributed by atoms with Crippen molar-refractivity contribution in [1.82, 2.24) is 4.98 Å². The molecule has 0 saturated carbocycles. The number of rotatable bonds is 2. The number of hydrogen-bond donors (Lipinski definition) is 0. The lowest BCUT2D eigenvalue weighted by molar-refractivity contribution is 0.0600. The second-order valence-electron chi connectivity index (χ2n) is 2.48. The van der Waals surface area contributed by atoms with Crippen LogP contribution in [0, 0.1) is 0 Å². The maximum Gasteiger partial charge on any atom is 0.337 e. The van der Waals surface area contributed by atoms with Crippen LogP contribution < -0.4 is 0 Å². The molecule has 0 saturated heterocycles. The normalized spacial score (nSPS) is 9.38. The molecule has 4 nitrogen and oxygen atoms in total. The van der Waals surface area contributed by atoms with Gasteiger partial charge in [0.15, 0.2) is 5.78 Å². The van der Waals surface area contributed by atoms with Gasteiger partial charge in [0.1, 0.15) is 5.69 Å². The maximum absolute atomic E-state index is 11.0. The third-order valence-electron chi connectivity index (χ3n) is 1.54. The van der Waals surface area contributed by atoms with E-state index in [9.17, 15) is 9.59 Å². The molecule has 1 rings (SSSR count). The Bertz CT molecular complexity index is 346. The summed E-state index contributed by atoms with van der Waals surface area (Å²) in [6, 6.07) is 2.91. The first-order chi connectivity index (χ1) is 6.15. The number of hydrogen-bond acceptors (Lipinski definition) is 4. The summed E-state index contributed by atoms with van der Waals surface area (Å²) in [6.07, 6.45) is 1.41. The number of ketones is 1. The summed E-state index contributed by atoms with van der Waals surface area (Å²) < 4.78 is 4.49. The number of ether oxygens (including phenoxy) is 1. The quantitative estimate of drug-likeness (QED) is 0.503. The van der Waals surface area contributed by atoms with E-state index in [1.54, 1.807) is 0 Å². The third kappa shape index (κ3) is 2.11. The molecule has 0 fully saturated rings. The largest absolute Gasteiger partial charge is 0.465 e. The van der Waals surface area contributed by atoms with Gasteiger partial charge in [-0.1, -0.05) is 0 Å². The van der Waals surface area contributed by atoms with Crippen molar-refractivity contribution in [2.24, 2.45) is 0 Å². The molecule has 1 aromatic heterocycles. The lowest BCUT2D eigenvalue weighted by Gasteiger charge is -1.99. The molecule has 0 N–H and O–H groups in total. The maximum atomic E-state index is 11.0. The zero-order valence-corrected chi connectivity index (χ0v) is 7.40. The van der Waals surface area contributed by atoms with Crippen LogP contribution in [0.4, 0.5) is 0 Å². The Labute approximate surface area is 75.5 Å². The molecule has 1 heterocycles. The zero-order valence-electron chi connectivity index (χ0n) is 7.40. The monoisotopic (exact) mass is 179 g/mol. The molecule has 68 valence electrons. The molecule has 4 heteroatoms. The Hall–Kier alpha value is -1.71. The van der Waals surface area contributed by atoms with Crippen molar-refractivity contribution in [1.29, 1.82) is 0 Å². The fourth-order valence-electron chi connectivity index (χ4n) is 0.868. The van der Waals surface area contributed by atoms with E-state index in [2.05, 4.69) is 9.72 Å². The Morgan fingerprint density at radius 1 is 1.46 bits per heavy atom. The highest BCUT2D eigenvalue weighted by atomic mass is 16.5. The molecule has 0 bridgehead atoms. The van der Waals surface area contributed by atoms with Gasteiger partial charge in [-0.25, -0.2) is 4.79 Å². The van der Waals surface area contributed by atoms with Crippen molar-refractivity contribution in [2.75, 3.05) is 7.11 Å². The lowest BCUT2D eigenvalue weighted by atomic mass is 10.2. The predicted molar refractivity (Wildman–Crippen MR) is 45.6 cm³/mol. The van der Waals surface area contributed by atoms with Crippen LogP contribution in [0.1, 0.15) is 27.8 Å². The van der Waals surface area contributed by atoms with Crippen LogP contribution in [0.5, 0.6) is 0 Å². The number of nitrogens with zero attached hydrogens (tertiary/aromatic N) is 1. The van der Waals surface area contributed by atoms with Crippen LogP contribution in [0.25, 0.3) is 0 Å². The SMILES string of the molecule is COC(=O)c1ccnc(C(C)=O)c1. The van der Waals surface area contributed by atoms with E-state index in [0.717, 1.165) is 0 Å². The van der Waals surface area contributed by atoms with E-state index in [0.29, 0.717) is 5.56 Å². The highest BCUT2D eigenvalue weighted by Crippen LogP contribution is 2.03. The molecule has 0 unspecified atom stereocenters. The molecular weight excluding hydrogens is 170 g/mol. The van der Waals surface area contributed by atoms with Gasteiger partial charge < -0.3 is 4.74 Å². The molecule has 0 spiro atoms. The van der Waals surface area contributed by atoms with E-state index in [1.807, 2.05) is 0 Å². The van der Waals surface area contributed by atoms with Gasteiger partial charge in [0.2, 0.25) is 0 Å². The Morgan fingerprint density at radius 3 is 2.69 bits per heavy atom. The van der Waals surface area contributed by atoms with Crippen LogP contribution in [0.15, 0.2) is 18.3 Å². The van der Waals surface area contributed by atoms with Gasteiger partial charge in [-0.2, -0.15) is 0 Å². The number of carbonyl (C=O) groups is 2. The number of methoxy groups -OCH3 is 1. The van der Waals surface area contributed by atoms with Crippen molar-refractivity contribution in [3.63, 3.8) is 0 Å². The molecule has 0 aromatic carbocycles. The van der Waals surface area contributed by atoms with Gasteiger partial charge in [0.25, 0.3) is 0 Å². The fourth-order valence-corrected chi connectivity index (χ4v) is 0.868. The summed E-state index contributed by atoms with van der Waals surface area (Å²) in [5, 5.41) is 0. The Balaban J connectivity index is 3.05. The third-order valence-corrected chi connectivity index (χ3v) is 1.54. The van der Waals surface area contributed by atoms with Crippen molar-refractivity contribution in [3.05, 3.63) is 29.6 Å². The topological polar surface area (TPSA) is 56.3 Å². The first kappa shape index (κ1) is 9.38. The smallest absolute Gasteiger partial charge is 0.337 e. The molecule has 0 atom stereocenters.